The van der Waals surface area contributed by atoms with Crippen molar-refractivity contribution in [1.29, 1.82) is 0 Å². The van der Waals surface area contributed by atoms with Gasteiger partial charge in [-0.2, -0.15) is 0 Å². The fourth-order valence-electron chi connectivity index (χ4n) is 2.13. The van der Waals surface area contributed by atoms with E-state index in [9.17, 15) is 4.79 Å². The minimum atomic E-state index is -0.0865. The van der Waals surface area contributed by atoms with E-state index in [4.69, 9.17) is 4.74 Å². The number of ether oxygens (including phenoxy) is 1. The molecule has 0 amide bonds. The van der Waals surface area contributed by atoms with Crippen LogP contribution in [0.4, 0.5) is 0 Å². The van der Waals surface area contributed by atoms with Gasteiger partial charge in [0.05, 0.1) is 6.10 Å². The van der Waals surface area contributed by atoms with Crippen LogP contribution in [-0.4, -0.2) is 12.1 Å². The molecule has 106 valence electrons. The molecule has 0 spiro atoms. The van der Waals surface area contributed by atoms with E-state index in [1.54, 1.807) is 0 Å². The Morgan fingerprint density at radius 1 is 1.11 bits per heavy atom. The molecule has 19 heavy (non-hydrogen) atoms. The number of unbranched alkanes of at least 4 members (excludes halogenated alkanes) is 3. The number of rotatable bonds is 9. The van der Waals surface area contributed by atoms with Crippen LogP contribution < -0.4 is 0 Å². The second kappa shape index (κ2) is 9.60. The van der Waals surface area contributed by atoms with Gasteiger partial charge >= 0.3 is 5.97 Å². The molecular weight excluding hydrogens is 236 g/mol. The van der Waals surface area contributed by atoms with E-state index in [2.05, 4.69) is 30.3 Å². The van der Waals surface area contributed by atoms with Gasteiger partial charge in [-0.3, -0.25) is 4.79 Å². The first-order valence-electron chi connectivity index (χ1n) is 7.45. The summed E-state index contributed by atoms with van der Waals surface area (Å²) in [6.45, 7) is 3.82. The summed E-state index contributed by atoms with van der Waals surface area (Å²) in [5.74, 6) is -0.0865. The number of carbonyl (C=O) groups excluding carboxylic acids is 1. The Hall–Kier alpha value is -1.31. The summed E-state index contributed by atoms with van der Waals surface area (Å²) in [6.07, 6.45) is 7.56. The van der Waals surface area contributed by atoms with Crippen molar-refractivity contribution in [2.24, 2.45) is 0 Å². The molecule has 0 radical (unpaired) electrons. The van der Waals surface area contributed by atoms with Gasteiger partial charge in [0.15, 0.2) is 0 Å². The molecule has 0 fully saturated rings. The third kappa shape index (κ3) is 7.66. The Kier molecular flexibility index (Phi) is 7.95. The van der Waals surface area contributed by atoms with Crippen LogP contribution in [-0.2, 0) is 16.0 Å². The summed E-state index contributed by atoms with van der Waals surface area (Å²) in [4.78, 5) is 11.1. The first kappa shape index (κ1) is 15.7. The highest BCUT2D eigenvalue weighted by molar-refractivity contribution is 5.69. The lowest BCUT2D eigenvalue weighted by molar-refractivity contribution is -0.148. The quantitative estimate of drug-likeness (QED) is 0.483. The zero-order chi connectivity index (χ0) is 13.9. The SMILES string of the molecule is CCC(=O)OC(C)CCCCCCc1ccccc1. The fraction of sp³-hybridized carbons (Fsp3) is 0.588. The molecule has 1 unspecified atom stereocenters. The first-order chi connectivity index (χ1) is 9.22. The van der Waals surface area contributed by atoms with Crippen LogP contribution in [0.2, 0.25) is 0 Å². The van der Waals surface area contributed by atoms with Crippen LogP contribution in [0.15, 0.2) is 30.3 Å². The predicted molar refractivity (Wildman–Crippen MR) is 79.1 cm³/mol. The van der Waals surface area contributed by atoms with Crippen LogP contribution >= 0.6 is 0 Å². The number of esters is 1. The molecule has 0 aliphatic carbocycles. The van der Waals surface area contributed by atoms with Crippen LogP contribution in [0.3, 0.4) is 0 Å². The molecule has 1 aromatic carbocycles. The molecule has 1 atom stereocenters. The lowest BCUT2D eigenvalue weighted by Gasteiger charge is -2.12. The van der Waals surface area contributed by atoms with Gasteiger partial charge in [-0.05, 0) is 38.2 Å². The third-order valence-corrected chi connectivity index (χ3v) is 3.29. The van der Waals surface area contributed by atoms with Crippen molar-refractivity contribution in [2.75, 3.05) is 0 Å². The van der Waals surface area contributed by atoms with Crippen molar-refractivity contribution in [1.82, 2.24) is 0 Å². The van der Waals surface area contributed by atoms with E-state index in [-0.39, 0.29) is 12.1 Å². The van der Waals surface area contributed by atoms with E-state index in [0.29, 0.717) is 6.42 Å². The molecule has 1 rings (SSSR count). The largest absolute Gasteiger partial charge is 0.463 e. The predicted octanol–water partition coefficient (Wildman–Crippen LogP) is 4.52. The maximum Gasteiger partial charge on any atom is 0.305 e. The smallest absolute Gasteiger partial charge is 0.305 e. The second-order valence-corrected chi connectivity index (χ2v) is 5.09. The number of benzene rings is 1. The van der Waals surface area contributed by atoms with Crippen molar-refractivity contribution in [3.63, 3.8) is 0 Å². The van der Waals surface area contributed by atoms with E-state index >= 15 is 0 Å². The lowest BCUT2D eigenvalue weighted by atomic mass is 10.0. The number of aryl methyl sites for hydroxylation is 1. The van der Waals surface area contributed by atoms with E-state index in [0.717, 1.165) is 12.8 Å². The maximum absolute atomic E-state index is 11.1. The van der Waals surface area contributed by atoms with E-state index < -0.39 is 0 Å². The second-order valence-electron chi connectivity index (χ2n) is 5.09. The Bertz CT molecular complexity index is 346. The van der Waals surface area contributed by atoms with Crippen molar-refractivity contribution < 1.29 is 9.53 Å². The molecule has 0 N–H and O–H groups in total. The van der Waals surface area contributed by atoms with Crippen LogP contribution in [0.25, 0.3) is 0 Å². The summed E-state index contributed by atoms with van der Waals surface area (Å²) in [5.41, 5.74) is 1.42. The lowest BCUT2D eigenvalue weighted by Crippen LogP contribution is -2.13. The standard InChI is InChI=1S/C17H26O2/c1-3-17(18)19-15(2)11-7-4-5-8-12-16-13-9-6-10-14-16/h6,9-10,13-15H,3-5,7-8,11-12H2,1-2H3. The van der Waals surface area contributed by atoms with Gasteiger partial charge in [0.1, 0.15) is 0 Å². The zero-order valence-corrected chi connectivity index (χ0v) is 12.2. The molecule has 2 nitrogen and oxygen atoms in total. The molecular formula is C17H26O2. The van der Waals surface area contributed by atoms with Crippen molar-refractivity contribution in [3.8, 4) is 0 Å². The summed E-state index contributed by atoms with van der Waals surface area (Å²) in [6, 6.07) is 10.6. The summed E-state index contributed by atoms with van der Waals surface area (Å²) in [5, 5.41) is 0. The summed E-state index contributed by atoms with van der Waals surface area (Å²) < 4.78 is 5.24. The van der Waals surface area contributed by atoms with Crippen molar-refractivity contribution >= 4 is 5.97 Å². The van der Waals surface area contributed by atoms with Crippen LogP contribution in [0.5, 0.6) is 0 Å². The minimum absolute atomic E-state index is 0.0709. The van der Waals surface area contributed by atoms with Gasteiger partial charge in [-0.15, -0.1) is 0 Å². The average Bonchev–Trinajstić information content (AvgIpc) is 2.43. The normalized spacial score (nSPS) is 12.1. The van der Waals surface area contributed by atoms with Gasteiger partial charge in [-0.25, -0.2) is 0 Å². The van der Waals surface area contributed by atoms with Gasteiger partial charge in [0, 0.05) is 6.42 Å². The topological polar surface area (TPSA) is 26.3 Å². The van der Waals surface area contributed by atoms with Gasteiger partial charge in [0.2, 0.25) is 0 Å². The zero-order valence-electron chi connectivity index (χ0n) is 12.2. The average molecular weight is 262 g/mol. The molecule has 0 saturated carbocycles. The van der Waals surface area contributed by atoms with Gasteiger partial charge in [-0.1, -0.05) is 50.1 Å². The summed E-state index contributed by atoms with van der Waals surface area (Å²) in [7, 11) is 0. The maximum atomic E-state index is 11.1. The molecule has 0 aromatic heterocycles. The highest BCUT2D eigenvalue weighted by Gasteiger charge is 2.06. The number of hydrogen-bond acceptors (Lipinski definition) is 2. The fourth-order valence-corrected chi connectivity index (χ4v) is 2.13. The first-order valence-corrected chi connectivity index (χ1v) is 7.45. The van der Waals surface area contributed by atoms with Gasteiger partial charge < -0.3 is 4.74 Å². The Labute approximate surface area is 117 Å². The van der Waals surface area contributed by atoms with Gasteiger partial charge in [0.25, 0.3) is 0 Å². The van der Waals surface area contributed by atoms with Crippen LogP contribution in [0.1, 0.15) is 57.9 Å². The van der Waals surface area contributed by atoms with E-state index in [1.807, 2.05) is 13.8 Å². The van der Waals surface area contributed by atoms with Crippen LogP contribution in [0, 0.1) is 0 Å². The summed E-state index contributed by atoms with van der Waals surface area (Å²) >= 11 is 0. The Morgan fingerprint density at radius 2 is 1.79 bits per heavy atom. The highest BCUT2D eigenvalue weighted by Crippen LogP contribution is 2.11. The molecule has 0 aliphatic heterocycles. The molecule has 0 saturated heterocycles. The highest BCUT2D eigenvalue weighted by atomic mass is 16.5. The Balaban J connectivity index is 1.98. The number of hydrogen-bond donors (Lipinski definition) is 0. The Morgan fingerprint density at radius 3 is 2.47 bits per heavy atom. The molecule has 0 heterocycles. The third-order valence-electron chi connectivity index (χ3n) is 3.29. The van der Waals surface area contributed by atoms with Crippen molar-refractivity contribution in [2.45, 2.75) is 64.9 Å². The molecule has 0 bridgehead atoms. The molecule has 1 aromatic rings. The molecule has 0 aliphatic rings. The van der Waals surface area contributed by atoms with Crippen molar-refractivity contribution in [3.05, 3.63) is 35.9 Å². The van der Waals surface area contributed by atoms with E-state index in [1.165, 1.54) is 31.2 Å². The number of carbonyl (C=O) groups is 1. The monoisotopic (exact) mass is 262 g/mol. The minimum Gasteiger partial charge on any atom is -0.463 e. The molecule has 2 heteroatoms.